The first kappa shape index (κ1) is 20.1. The summed E-state index contributed by atoms with van der Waals surface area (Å²) in [6, 6.07) is 14.5. The average Bonchev–Trinajstić information content (AvgIpc) is 2.98. The Hall–Kier alpha value is -1.20. The summed E-state index contributed by atoms with van der Waals surface area (Å²) in [7, 11) is 0. The zero-order valence-electron chi connectivity index (χ0n) is 15.6. The Morgan fingerprint density at radius 1 is 1.12 bits per heavy atom. The summed E-state index contributed by atoms with van der Waals surface area (Å²) in [5.41, 5.74) is 1.14. The molecule has 1 aromatic heterocycles. The van der Waals surface area contributed by atoms with Crippen molar-refractivity contribution in [3.63, 3.8) is 0 Å². The quantitative estimate of drug-likeness (QED) is 0.640. The lowest BCUT2D eigenvalue weighted by Gasteiger charge is -2.25. The van der Waals surface area contributed by atoms with Crippen molar-refractivity contribution in [3.05, 3.63) is 57.8 Å². The van der Waals surface area contributed by atoms with Crippen LogP contribution in [0.3, 0.4) is 0 Å². The summed E-state index contributed by atoms with van der Waals surface area (Å²) in [4.78, 5) is 5.05. The Morgan fingerprint density at radius 3 is 2.52 bits per heavy atom. The summed E-state index contributed by atoms with van der Waals surface area (Å²) in [5.74, 6) is 0.666. The molecule has 1 N–H and O–H groups in total. The molecule has 25 heavy (non-hydrogen) atoms. The highest BCUT2D eigenvalue weighted by Crippen LogP contribution is 2.18. The van der Waals surface area contributed by atoms with Crippen LogP contribution in [0.15, 0.2) is 42.5 Å². The van der Waals surface area contributed by atoms with Gasteiger partial charge in [0.05, 0.1) is 19.3 Å². The van der Waals surface area contributed by atoms with E-state index >= 15 is 0 Å². The van der Waals surface area contributed by atoms with Crippen LogP contribution >= 0.6 is 11.3 Å². The maximum Gasteiger partial charge on any atom is 0.0900 e. The van der Waals surface area contributed by atoms with Gasteiger partial charge in [-0.15, -0.1) is 11.3 Å². The van der Waals surface area contributed by atoms with E-state index in [9.17, 15) is 5.11 Å². The van der Waals surface area contributed by atoms with Crippen molar-refractivity contribution in [3.8, 4) is 0 Å². The minimum Gasteiger partial charge on any atom is -0.389 e. The Morgan fingerprint density at radius 2 is 1.88 bits per heavy atom. The number of rotatable bonds is 11. The van der Waals surface area contributed by atoms with Gasteiger partial charge in [-0.1, -0.05) is 44.2 Å². The van der Waals surface area contributed by atoms with Crippen molar-refractivity contribution in [2.24, 2.45) is 5.92 Å². The Labute approximate surface area is 156 Å². The zero-order valence-corrected chi connectivity index (χ0v) is 16.5. The lowest BCUT2D eigenvalue weighted by molar-refractivity contribution is 0.00805. The first-order valence-electron chi connectivity index (χ1n) is 9.10. The van der Waals surface area contributed by atoms with E-state index in [-0.39, 0.29) is 0 Å². The van der Waals surface area contributed by atoms with Crippen molar-refractivity contribution in [1.29, 1.82) is 0 Å². The van der Waals surface area contributed by atoms with Gasteiger partial charge >= 0.3 is 0 Å². The molecule has 138 valence electrons. The third-order valence-corrected chi connectivity index (χ3v) is 5.07. The SMILES string of the molecule is Cc1ccc(CN(CCC(C)C)CC(O)COCc2ccccc2)s1. The number of hydrogen-bond donors (Lipinski definition) is 1. The molecule has 4 heteroatoms. The molecule has 0 spiro atoms. The lowest BCUT2D eigenvalue weighted by Crippen LogP contribution is -2.35. The largest absolute Gasteiger partial charge is 0.389 e. The third kappa shape index (κ3) is 8.15. The number of hydrogen-bond acceptors (Lipinski definition) is 4. The minimum atomic E-state index is -0.461. The van der Waals surface area contributed by atoms with Crippen LogP contribution in [-0.4, -0.2) is 35.8 Å². The second-order valence-electron chi connectivity index (χ2n) is 7.08. The molecule has 0 radical (unpaired) electrons. The van der Waals surface area contributed by atoms with Crippen LogP contribution in [0.1, 0.15) is 35.6 Å². The zero-order chi connectivity index (χ0) is 18.1. The molecule has 0 saturated heterocycles. The fourth-order valence-electron chi connectivity index (χ4n) is 2.70. The molecule has 0 saturated carbocycles. The first-order valence-corrected chi connectivity index (χ1v) is 9.92. The molecule has 1 aromatic carbocycles. The molecule has 0 aliphatic rings. The van der Waals surface area contributed by atoms with E-state index in [4.69, 9.17) is 4.74 Å². The number of aliphatic hydroxyl groups excluding tert-OH is 1. The van der Waals surface area contributed by atoms with Gasteiger partial charge in [-0.05, 0) is 43.5 Å². The van der Waals surface area contributed by atoms with Gasteiger partial charge in [-0.3, -0.25) is 4.90 Å². The summed E-state index contributed by atoms with van der Waals surface area (Å²) in [6.07, 6.45) is 0.680. The van der Waals surface area contributed by atoms with Crippen molar-refractivity contribution in [2.75, 3.05) is 19.7 Å². The molecule has 0 fully saturated rings. The number of aryl methyl sites for hydroxylation is 1. The van der Waals surface area contributed by atoms with Crippen LogP contribution in [-0.2, 0) is 17.9 Å². The fourth-order valence-corrected chi connectivity index (χ4v) is 3.64. The Kier molecular flexibility index (Phi) is 8.62. The predicted octanol–water partition coefficient (Wildman–Crippen LogP) is 4.48. The number of nitrogens with zero attached hydrogens (tertiary/aromatic N) is 1. The molecule has 3 nitrogen and oxygen atoms in total. The number of benzene rings is 1. The van der Waals surface area contributed by atoms with Crippen LogP contribution < -0.4 is 0 Å². The molecule has 0 aliphatic carbocycles. The fraction of sp³-hybridized carbons (Fsp3) is 0.524. The van der Waals surface area contributed by atoms with Gasteiger partial charge in [0.15, 0.2) is 0 Å². The van der Waals surface area contributed by atoms with E-state index in [0.717, 1.165) is 25.1 Å². The maximum absolute atomic E-state index is 10.4. The van der Waals surface area contributed by atoms with Crippen LogP contribution in [0.2, 0.25) is 0 Å². The van der Waals surface area contributed by atoms with Crippen molar-refractivity contribution >= 4 is 11.3 Å². The second kappa shape index (κ2) is 10.7. The van der Waals surface area contributed by atoms with Crippen LogP contribution in [0.4, 0.5) is 0 Å². The van der Waals surface area contributed by atoms with Gasteiger partial charge < -0.3 is 9.84 Å². The predicted molar refractivity (Wildman–Crippen MR) is 106 cm³/mol. The number of ether oxygens (including phenoxy) is 1. The smallest absolute Gasteiger partial charge is 0.0900 e. The highest BCUT2D eigenvalue weighted by Gasteiger charge is 2.14. The molecule has 0 bridgehead atoms. The highest BCUT2D eigenvalue weighted by molar-refractivity contribution is 7.11. The maximum atomic E-state index is 10.4. The first-order chi connectivity index (χ1) is 12.0. The normalized spacial score (nSPS) is 12.9. The Bertz CT molecular complexity index is 597. The minimum absolute atomic E-state index is 0.372. The van der Waals surface area contributed by atoms with E-state index in [0.29, 0.717) is 25.7 Å². The lowest BCUT2D eigenvalue weighted by atomic mass is 10.1. The van der Waals surface area contributed by atoms with Crippen LogP contribution in [0.25, 0.3) is 0 Å². The van der Waals surface area contributed by atoms with Crippen LogP contribution in [0, 0.1) is 12.8 Å². The summed E-state index contributed by atoms with van der Waals surface area (Å²) >= 11 is 1.84. The third-order valence-electron chi connectivity index (χ3n) is 4.09. The molecule has 0 amide bonds. The monoisotopic (exact) mass is 361 g/mol. The molecule has 1 heterocycles. The summed E-state index contributed by atoms with van der Waals surface area (Å²) in [6.45, 7) is 10.1. The molecule has 1 atom stereocenters. The van der Waals surface area contributed by atoms with Crippen molar-refractivity contribution in [1.82, 2.24) is 4.90 Å². The molecule has 2 aromatic rings. The highest BCUT2D eigenvalue weighted by atomic mass is 32.1. The molecule has 1 unspecified atom stereocenters. The average molecular weight is 362 g/mol. The molecule has 2 rings (SSSR count). The standard InChI is InChI=1S/C21H31NO2S/c1-17(2)11-12-22(14-21-10-9-18(3)25-21)13-20(23)16-24-15-19-7-5-4-6-8-19/h4-10,17,20,23H,11-16H2,1-3H3. The van der Waals surface area contributed by atoms with E-state index in [2.05, 4.69) is 37.8 Å². The molecular formula is C21H31NO2S. The Balaban J connectivity index is 1.79. The van der Waals surface area contributed by atoms with E-state index in [1.54, 1.807) is 0 Å². The van der Waals surface area contributed by atoms with Gasteiger partial charge in [0, 0.05) is 22.8 Å². The summed E-state index contributed by atoms with van der Waals surface area (Å²) in [5, 5.41) is 10.4. The number of thiophene rings is 1. The van der Waals surface area contributed by atoms with Crippen LogP contribution in [0.5, 0.6) is 0 Å². The van der Waals surface area contributed by atoms with Gasteiger partial charge in [0.2, 0.25) is 0 Å². The molecule has 0 aliphatic heterocycles. The summed E-state index contributed by atoms with van der Waals surface area (Å²) < 4.78 is 5.69. The van der Waals surface area contributed by atoms with Gasteiger partial charge in [-0.2, -0.15) is 0 Å². The second-order valence-corrected chi connectivity index (χ2v) is 8.46. The van der Waals surface area contributed by atoms with Gasteiger partial charge in [-0.25, -0.2) is 0 Å². The molecular weight excluding hydrogens is 330 g/mol. The van der Waals surface area contributed by atoms with Gasteiger partial charge in [0.25, 0.3) is 0 Å². The van der Waals surface area contributed by atoms with Gasteiger partial charge in [0.1, 0.15) is 0 Å². The number of aliphatic hydroxyl groups is 1. The topological polar surface area (TPSA) is 32.7 Å². The van der Waals surface area contributed by atoms with E-state index < -0.39 is 6.10 Å². The van der Waals surface area contributed by atoms with E-state index in [1.165, 1.54) is 9.75 Å². The van der Waals surface area contributed by atoms with Crippen molar-refractivity contribution < 1.29 is 9.84 Å². The van der Waals surface area contributed by atoms with E-state index in [1.807, 2.05) is 41.7 Å². The van der Waals surface area contributed by atoms with Crippen molar-refractivity contribution in [2.45, 2.75) is 46.4 Å².